The van der Waals surface area contributed by atoms with Gasteiger partial charge in [0.25, 0.3) is 0 Å². The molecule has 6 heteroatoms. The van der Waals surface area contributed by atoms with Crippen molar-refractivity contribution in [3.05, 3.63) is 30.1 Å². The van der Waals surface area contributed by atoms with Crippen LogP contribution in [0.4, 0.5) is 14.9 Å². The smallest absolute Gasteiger partial charge is 0.315 e. The summed E-state index contributed by atoms with van der Waals surface area (Å²) in [4.78, 5) is 14.1. The van der Waals surface area contributed by atoms with E-state index in [-0.39, 0.29) is 29.9 Å². The summed E-state index contributed by atoms with van der Waals surface area (Å²) in [5, 5.41) is 15.2. The van der Waals surface area contributed by atoms with Crippen molar-refractivity contribution in [2.24, 2.45) is 5.92 Å². The Morgan fingerprint density at radius 1 is 1.38 bits per heavy atom. The number of piperidine rings is 1. The second-order valence-electron chi connectivity index (χ2n) is 6.79. The molecule has 24 heavy (non-hydrogen) atoms. The van der Waals surface area contributed by atoms with Crippen molar-refractivity contribution < 1.29 is 14.3 Å². The summed E-state index contributed by atoms with van der Waals surface area (Å²) in [5.74, 6) is 0.0176. The van der Waals surface area contributed by atoms with E-state index in [0.717, 1.165) is 31.6 Å². The number of urea groups is 1. The molecule has 1 aliphatic rings. The van der Waals surface area contributed by atoms with E-state index in [4.69, 9.17) is 0 Å². The van der Waals surface area contributed by atoms with Gasteiger partial charge in [-0.05, 0) is 50.3 Å². The zero-order valence-electron chi connectivity index (χ0n) is 14.5. The van der Waals surface area contributed by atoms with Gasteiger partial charge in [-0.1, -0.05) is 13.0 Å². The van der Waals surface area contributed by atoms with E-state index in [1.54, 1.807) is 19.1 Å². The molecular weight excluding hydrogens is 309 g/mol. The third-order valence-electron chi connectivity index (χ3n) is 4.36. The van der Waals surface area contributed by atoms with Crippen LogP contribution in [0.15, 0.2) is 24.3 Å². The molecule has 1 heterocycles. The van der Waals surface area contributed by atoms with E-state index < -0.39 is 0 Å². The monoisotopic (exact) mass is 337 g/mol. The Balaban J connectivity index is 1.70. The summed E-state index contributed by atoms with van der Waals surface area (Å²) < 4.78 is 13.3. The Hall–Kier alpha value is -1.82. The van der Waals surface area contributed by atoms with Crippen molar-refractivity contribution in [3.63, 3.8) is 0 Å². The van der Waals surface area contributed by atoms with Gasteiger partial charge in [0.1, 0.15) is 5.82 Å². The van der Waals surface area contributed by atoms with Gasteiger partial charge in [0, 0.05) is 31.4 Å². The number of benzene rings is 1. The summed E-state index contributed by atoms with van der Waals surface area (Å²) in [7, 11) is 0. The number of hydrogen-bond acceptors (Lipinski definition) is 3. The molecule has 0 radical (unpaired) electrons. The molecule has 2 atom stereocenters. The van der Waals surface area contributed by atoms with Gasteiger partial charge in [-0.2, -0.15) is 0 Å². The highest BCUT2D eigenvalue weighted by molar-refractivity contribution is 5.74. The number of carbonyl (C=O) groups is 1. The van der Waals surface area contributed by atoms with Crippen LogP contribution in [-0.2, 0) is 0 Å². The van der Waals surface area contributed by atoms with Gasteiger partial charge < -0.3 is 20.6 Å². The third-order valence-corrected chi connectivity index (χ3v) is 4.36. The summed E-state index contributed by atoms with van der Waals surface area (Å²) >= 11 is 0. The summed E-state index contributed by atoms with van der Waals surface area (Å²) in [5.41, 5.74) is 0.893. The highest BCUT2D eigenvalue weighted by Crippen LogP contribution is 2.20. The van der Waals surface area contributed by atoms with Crippen LogP contribution in [0.3, 0.4) is 0 Å². The highest BCUT2D eigenvalue weighted by Gasteiger charge is 2.21. The molecule has 1 saturated heterocycles. The maximum Gasteiger partial charge on any atom is 0.315 e. The van der Waals surface area contributed by atoms with Crippen molar-refractivity contribution in [2.45, 2.75) is 45.3 Å². The molecular formula is C18H28FN3O2. The van der Waals surface area contributed by atoms with Gasteiger partial charge >= 0.3 is 6.03 Å². The molecule has 2 unspecified atom stereocenters. The summed E-state index contributed by atoms with van der Waals surface area (Å²) in [6.07, 6.45) is 2.00. The zero-order valence-corrected chi connectivity index (χ0v) is 14.5. The molecule has 5 nitrogen and oxygen atoms in total. The first-order valence-corrected chi connectivity index (χ1v) is 8.67. The van der Waals surface area contributed by atoms with Crippen molar-refractivity contribution >= 4 is 11.7 Å². The van der Waals surface area contributed by atoms with Crippen LogP contribution >= 0.6 is 0 Å². The maximum absolute atomic E-state index is 13.3. The average Bonchev–Trinajstić information content (AvgIpc) is 2.53. The van der Waals surface area contributed by atoms with Crippen LogP contribution < -0.4 is 15.5 Å². The van der Waals surface area contributed by atoms with Crippen molar-refractivity contribution in [3.8, 4) is 0 Å². The molecule has 3 N–H and O–H groups in total. The van der Waals surface area contributed by atoms with Gasteiger partial charge in [-0.3, -0.25) is 0 Å². The molecule has 1 aliphatic heterocycles. The van der Waals surface area contributed by atoms with Gasteiger partial charge in [0.05, 0.1) is 6.10 Å². The lowest BCUT2D eigenvalue weighted by Gasteiger charge is -2.34. The maximum atomic E-state index is 13.3. The predicted octanol–water partition coefficient (Wildman–Crippen LogP) is 2.50. The number of nitrogens with one attached hydrogen (secondary N) is 2. The molecule has 1 fully saturated rings. The van der Waals surface area contributed by atoms with E-state index in [0.29, 0.717) is 13.0 Å². The van der Waals surface area contributed by atoms with E-state index in [1.807, 2.05) is 13.0 Å². The minimum atomic E-state index is -0.350. The Morgan fingerprint density at radius 3 is 2.71 bits per heavy atom. The fourth-order valence-corrected chi connectivity index (χ4v) is 3.12. The Kier molecular flexibility index (Phi) is 6.85. The minimum Gasteiger partial charge on any atom is -0.393 e. The minimum absolute atomic E-state index is 0.141. The van der Waals surface area contributed by atoms with E-state index >= 15 is 0 Å². The Labute approximate surface area is 143 Å². The largest absolute Gasteiger partial charge is 0.393 e. The number of aliphatic hydroxyl groups excluding tert-OH is 1. The number of hydrogen-bond donors (Lipinski definition) is 3. The van der Waals surface area contributed by atoms with Crippen LogP contribution in [-0.4, -0.2) is 42.9 Å². The molecule has 0 bridgehead atoms. The first kappa shape index (κ1) is 18.5. The predicted molar refractivity (Wildman–Crippen MR) is 93.6 cm³/mol. The van der Waals surface area contributed by atoms with Gasteiger partial charge in [0.2, 0.25) is 0 Å². The number of rotatable bonds is 6. The number of anilines is 1. The SMILES string of the molecule is CC(O)CC(C)CNC(=O)NC1CCN(c2cccc(F)c2)CC1. The molecule has 1 aromatic rings. The Morgan fingerprint density at radius 2 is 2.08 bits per heavy atom. The van der Waals surface area contributed by atoms with E-state index in [9.17, 15) is 14.3 Å². The van der Waals surface area contributed by atoms with Crippen molar-refractivity contribution in [1.29, 1.82) is 0 Å². The summed E-state index contributed by atoms with van der Waals surface area (Å²) in [6, 6.07) is 6.60. The van der Waals surface area contributed by atoms with Crippen LogP contribution in [0.1, 0.15) is 33.1 Å². The van der Waals surface area contributed by atoms with Gasteiger partial charge in [-0.15, -0.1) is 0 Å². The average molecular weight is 337 g/mol. The first-order chi connectivity index (χ1) is 11.4. The summed E-state index contributed by atoms with van der Waals surface area (Å²) in [6.45, 7) is 5.91. The van der Waals surface area contributed by atoms with Crippen LogP contribution in [0, 0.1) is 11.7 Å². The topological polar surface area (TPSA) is 64.6 Å². The lowest BCUT2D eigenvalue weighted by molar-refractivity contribution is 0.163. The van der Waals surface area contributed by atoms with E-state index in [2.05, 4.69) is 15.5 Å². The molecule has 134 valence electrons. The van der Waals surface area contributed by atoms with Gasteiger partial charge in [0.15, 0.2) is 0 Å². The molecule has 0 saturated carbocycles. The zero-order chi connectivity index (χ0) is 17.5. The van der Waals surface area contributed by atoms with Crippen molar-refractivity contribution in [1.82, 2.24) is 10.6 Å². The number of nitrogens with zero attached hydrogens (tertiary/aromatic N) is 1. The third kappa shape index (κ3) is 6.00. The lowest BCUT2D eigenvalue weighted by atomic mass is 10.0. The standard InChI is InChI=1S/C18H28FN3O2/c1-13(10-14(2)23)12-20-18(24)21-16-6-8-22(9-7-16)17-5-3-4-15(19)11-17/h3-5,11,13-14,16,23H,6-10,12H2,1-2H3,(H2,20,21,24). The molecule has 0 aliphatic carbocycles. The van der Waals surface area contributed by atoms with Crippen LogP contribution in [0.25, 0.3) is 0 Å². The molecule has 1 aromatic carbocycles. The van der Waals surface area contributed by atoms with E-state index in [1.165, 1.54) is 6.07 Å². The highest BCUT2D eigenvalue weighted by atomic mass is 19.1. The van der Waals surface area contributed by atoms with Crippen molar-refractivity contribution in [2.75, 3.05) is 24.5 Å². The molecule has 0 aromatic heterocycles. The second-order valence-corrected chi connectivity index (χ2v) is 6.79. The fraction of sp³-hybridized carbons (Fsp3) is 0.611. The van der Waals surface area contributed by atoms with Gasteiger partial charge in [-0.25, -0.2) is 9.18 Å². The second kappa shape index (κ2) is 8.87. The van der Waals surface area contributed by atoms with Crippen LogP contribution in [0.2, 0.25) is 0 Å². The Bertz CT molecular complexity index is 531. The number of carbonyl (C=O) groups excluding carboxylic acids is 1. The fourth-order valence-electron chi connectivity index (χ4n) is 3.12. The number of amides is 2. The molecule has 0 spiro atoms. The quantitative estimate of drug-likeness (QED) is 0.747. The lowest BCUT2D eigenvalue weighted by Crippen LogP contribution is -2.48. The van der Waals surface area contributed by atoms with Crippen LogP contribution in [0.5, 0.6) is 0 Å². The number of halogens is 1. The first-order valence-electron chi connectivity index (χ1n) is 8.67. The number of aliphatic hydroxyl groups is 1. The normalized spacial score (nSPS) is 18.1. The molecule has 2 amide bonds. The molecule has 2 rings (SSSR count).